The molecule has 0 saturated carbocycles. The fourth-order valence-corrected chi connectivity index (χ4v) is 6.42. The average Bonchev–Trinajstić information content (AvgIpc) is 3.04. The van der Waals surface area contributed by atoms with Crippen LogP contribution >= 0.6 is 0 Å². The number of hydrogen-bond donors (Lipinski definition) is 2. The summed E-state index contributed by atoms with van der Waals surface area (Å²) in [5, 5.41) is 21.4. The first kappa shape index (κ1) is 42.3. The molecule has 10 nitrogen and oxygen atoms in total. The molecule has 49 heavy (non-hydrogen) atoms. The maximum Gasteiger partial charge on any atom is 2.00 e. The van der Waals surface area contributed by atoms with Gasteiger partial charge in [-0.2, -0.15) is 8.42 Å². The van der Waals surface area contributed by atoms with Crippen LogP contribution in [0.25, 0.3) is 0 Å². The molecule has 0 atom stereocenters. The zero-order chi connectivity index (χ0) is 35.2. The molecule has 0 radical (unpaired) electrons. The Morgan fingerprint density at radius 2 is 1.10 bits per heavy atom. The van der Waals surface area contributed by atoms with Gasteiger partial charge in [0.25, 0.3) is 10.1 Å². The number of rotatable bonds is 16. The Balaban J connectivity index is 0.000000333. The SMILES string of the molecule is CCCCCCc1ccc(Oc2ccccc2O)cc1S(=O)(=O)O.CCCCCCc1ccc(Oc2ccccc2[O-])cc1S(=O)(=O)[O-].[Ca+2]. The van der Waals surface area contributed by atoms with Crippen LogP contribution in [-0.4, -0.2) is 68.8 Å². The second-order valence-corrected chi connectivity index (χ2v) is 13.9. The Morgan fingerprint density at radius 1 is 0.633 bits per heavy atom. The molecular formula is C36H42CaO10S2. The van der Waals surface area contributed by atoms with Gasteiger partial charge in [-0.25, -0.2) is 8.42 Å². The van der Waals surface area contributed by atoms with E-state index in [9.17, 15) is 36.2 Å². The van der Waals surface area contributed by atoms with E-state index in [4.69, 9.17) is 9.47 Å². The smallest absolute Gasteiger partial charge is 0.870 e. The quantitative estimate of drug-likeness (QED) is 0.0657. The van der Waals surface area contributed by atoms with Crippen molar-refractivity contribution in [1.82, 2.24) is 0 Å². The van der Waals surface area contributed by atoms with Crippen LogP contribution < -0.4 is 14.6 Å². The molecule has 2 N–H and O–H groups in total. The Bertz CT molecular complexity index is 1710. The van der Waals surface area contributed by atoms with Gasteiger partial charge in [0.1, 0.15) is 32.3 Å². The van der Waals surface area contributed by atoms with Crippen molar-refractivity contribution in [1.29, 1.82) is 0 Å². The number of phenols is 1. The summed E-state index contributed by atoms with van der Waals surface area (Å²) in [4.78, 5) is -0.424. The van der Waals surface area contributed by atoms with Gasteiger partial charge in [0.15, 0.2) is 11.5 Å². The third kappa shape index (κ3) is 14.1. The molecule has 0 aliphatic rings. The minimum absolute atomic E-state index is 0. The number of ether oxygens (including phenoxy) is 2. The molecule has 0 amide bonds. The number of benzene rings is 4. The molecule has 13 heteroatoms. The van der Waals surface area contributed by atoms with Crippen LogP contribution in [0.4, 0.5) is 0 Å². The number of phenolic OH excluding ortho intramolecular Hbond substituents is 1. The largest absolute Gasteiger partial charge is 2.00 e. The van der Waals surface area contributed by atoms with Gasteiger partial charge in [0.05, 0.1) is 4.90 Å². The van der Waals surface area contributed by atoms with E-state index in [2.05, 4.69) is 13.8 Å². The van der Waals surface area contributed by atoms with E-state index in [1.807, 2.05) is 0 Å². The Labute approximate surface area is 319 Å². The van der Waals surface area contributed by atoms with Gasteiger partial charge in [-0.3, -0.25) is 4.55 Å². The fraction of sp³-hybridized carbons (Fsp3) is 0.333. The summed E-state index contributed by atoms with van der Waals surface area (Å²) in [7, 11) is -8.95. The molecule has 0 unspecified atom stereocenters. The van der Waals surface area contributed by atoms with Crippen LogP contribution in [-0.2, 0) is 33.1 Å². The van der Waals surface area contributed by atoms with Crippen molar-refractivity contribution in [3.8, 4) is 34.5 Å². The van der Waals surface area contributed by atoms with Crippen LogP contribution in [0.2, 0.25) is 0 Å². The molecule has 0 bridgehead atoms. The normalized spacial score (nSPS) is 11.2. The Kier molecular flexibility index (Phi) is 17.9. The maximum absolute atomic E-state index is 11.7. The molecule has 4 rings (SSSR count). The van der Waals surface area contributed by atoms with Crippen molar-refractivity contribution >= 4 is 58.0 Å². The Morgan fingerprint density at radius 3 is 1.59 bits per heavy atom. The average molecular weight is 739 g/mol. The summed E-state index contributed by atoms with van der Waals surface area (Å²) in [6, 6.07) is 21.4. The van der Waals surface area contributed by atoms with Gasteiger partial charge < -0.3 is 24.2 Å². The van der Waals surface area contributed by atoms with Crippen molar-refractivity contribution in [3.05, 3.63) is 96.1 Å². The van der Waals surface area contributed by atoms with Gasteiger partial charge in [-0.15, -0.1) is 0 Å². The third-order valence-electron chi connectivity index (χ3n) is 7.39. The molecule has 4 aromatic carbocycles. The van der Waals surface area contributed by atoms with Crippen LogP contribution in [0.3, 0.4) is 0 Å². The molecule has 0 aromatic heterocycles. The summed E-state index contributed by atoms with van der Waals surface area (Å²) in [5.41, 5.74) is 1.06. The van der Waals surface area contributed by atoms with Crippen LogP contribution in [0.5, 0.6) is 34.5 Å². The predicted molar refractivity (Wildman–Crippen MR) is 186 cm³/mol. The van der Waals surface area contributed by atoms with E-state index < -0.39 is 20.2 Å². The molecule has 0 aliphatic carbocycles. The zero-order valence-electron chi connectivity index (χ0n) is 27.8. The summed E-state index contributed by atoms with van der Waals surface area (Å²) < 4.78 is 78.4. The number of unbranched alkanes of at least 4 members (excludes halogenated alkanes) is 6. The van der Waals surface area contributed by atoms with E-state index in [1.165, 1.54) is 30.3 Å². The van der Waals surface area contributed by atoms with Crippen LogP contribution in [0, 0.1) is 0 Å². The molecule has 0 aliphatic heterocycles. The first-order valence-electron chi connectivity index (χ1n) is 15.9. The number of aryl methyl sites for hydroxylation is 2. The molecule has 0 fully saturated rings. The molecule has 0 saturated heterocycles. The molecule has 260 valence electrons. The van der Waals surface area contributed by atoms with E-state index in [0.717, 1.165) is 51.4 Å². The molecular weight excluding hydrogens is 697 g/mol. The van der Waals surface area contributed by atoms with Gasteiger partial charge >= 0.3 is 37.7 Å². The monoisotopic (exact) mass is 738 g/mol. The van der Waals surface area contributed by atoms with E-state index in [-0.39, 0.29) is 82.0 Å². The number of para-hydroxylation sites is 4. The van der Waals surface area contributed by atoms with Crippen molar-refractivity contribution in [2.45, 2.75) is 87.8 Å². The van der Waals surface area contributed by atoms with Crippen LogP contribution in [0.1, 0.15) is 76.3 Å². The molecule has 0 spiro atoms. The first-order chi connectivity index (χ1) is 22.8. The fourth-order valence-electron chi connectivity index (χ4n) is 4.90. The topological polar surface area (TPSA) is 173 Å². The third-order valence-corrected chi connectivity index (χ3v) is 9.25. The summed E-state index contributed by atoms with van der Waals surface area (Å²) in [6.45, 7) is 4.20. The first-order valence-corrected chi connectivity index (χ1v) is 18.8. The van der Waals surface area contributed by atoms with Crippen LogP contribution in [0.15, 0.2) is 94.7 Å². The van der Waals surface area contributed by atoms with Gasteiger partial charge in [-0.1, -0.05) is 101 Å². The Hall–Kier alpha value is -2.84. The number of aromatic hydroxyl groups is 1. The maximum atomic E-state index is 11.7. The summed E-state index contributed by atoms with van der Waals surface area (Å²) >= 11 is 0. The summed E-state index contributed by atoms with van der Waals surface area (Å²) in [5.74, 6) is 0.339. The molecule has 0 heterocycles. The predicted octanol–water partition coefficient (Wildman–Crippen LogP) is 7.75. The summed E-state index contributed by atoms with van der Waals surface area (Å²) in [6.07, 6.45) is 9.11. The zero-order valence-corrected chi connectivity index (χ0v) is 31.7. The van der Waals surface area contributed by atoms with Crippen molar-refractivity contribution in [2.24, 2.45) is 0 Å². The standard InChI is InChI=1S/2C18H22O5S.Ca/c2*1-2-3-4-5-8-14-11-12-15(13-18(14)24(20,21)22)23-17-10-7-6-9-16(17)19;/h2*6-7,9-13,19H,2-5,8H2,1H3,(H,20,21,22);/q;;+2/p-2. The van der Waals surface area contributed by atoms with Gasteiger partial charge in [0.2, 0.25) is 0 Å². The van der Waals surface area contributed by atoms with E-state index >= 15 is 0 Å². The second kappa shape index (κ2) is 20.7. The van der Waals surface area contributed by atoms with E-state index in [0.29, 0.717) is 24.0 Å². The number of hydrogen-bond acceptors (Lipinski definition) is 9. The van der Waals surface area contributed by atoms with E-state index in [1.54, 1.807) is 54.6 Å². The molecule has 4 aromatic rings. The van der Waals surface area contributed by atoms with Crippen molar-refractivity contribution in [2.75, 3.05) is 0 Å². The van der Waals surface area contributed by atoms with Gasteiger partial charge in [-0.05, 0) is 73.2 Å². The minimum atomic E-state index is -4.61. The van der Waals surface area contributed by atoms with Gasteiger partial charge in [0, 0.05) is 6.07 Å². The van der Waals surface area contributed by atoms with Crippen molar-refractivity contribution in [3.63, 3.8) is 0 Å². The van der Waals surface area contributed by atoms with Crippen molar-refractivity contribution < 1.29 is 45.6 Å². The minimum Gasteiger partial charge on any atom is -0.870 e. The second-order valence-electron chi connectivity index (χ2n) is 11.2.